The van der Waals surface area contributed by atoms with Gasteiger partial charge in [0.1, 0.15) is 12.3 Å². The van der Waals surface area contributed by atoms with E-state index in [1.54, 1.807) is 16.2 Å². The molecule has 0 spiro atoms. The number of carbonyl (C=O) groups excluding carboxylic acids is 3. The molecular weight excluding hydrogens is 801 g/mol. The number of hydrogen-bond acceptors (Lipinski definition) is 13. The van der Waals surface area contributed by atoms with Crippen LogP contribution < -0.4 is 42.1 Å². The van der Waals surface area contributed by atoms with Crippen molar-refractivity contribution in [3.8, 4) is 0 Å². The van der Waals surface area contributed by atoms with Gasteiger partial charge in [-0.2, -0.15) is 5.01 Å². The number of anilines is 3. The lowest BCUT2D eigenvalue weighted by molar-refractivity contribution is -0.146. The van der Waals surface area contributed by atoms with Crippen molar-refractivity contribution in [2.75, 3.05) is 74.0 Å². The van der Waals surface area contributed by atoms with Crippen molar-refractivity contribution in [2.45, 2.75) is 101 Å². The molecule has 0 saturated carbocycles. The minimum Gasteiger partial charge on any atom is -0.389 e. The minimum absolute atomic E-state index is 0.0232. The number of allylic oxidation sites excluding steroid dienone is 1. The number of benzene rings is 2. The fourth-order valence-corrected chi connectivity index (χ4v) is 11.5. The number of nitrogens with zero attached hydrogens (tertiary/aromatic N) is 7. The van der Waals surface area contributed by atoms with E-state index in [1.165, 1.54) is 5.69 Å². The number of carbonyl (C=O) groups is 3. The van der Waals surface area contributed by atoms with Gasteiger partial charge in [-0.25, -0.2) is 4.79 Å². The third kappa shape index (κ3) is 8.16. The summed E-state index contributed by atoms with van der Waals surface area (Å²) in [7, 11) is 1.77. The molecule has 3 amide bonds. The smallest absolute Gasteiger partial charge is 0.329 e. The van der Waals surface area contributed by atoms with E-state index in [1.807, 2.05) is 24.1 Å². The van der Waals surface area contributed by atoms with E-state index >= 15 is 0 Å². The first-order chi connectivity index (χ1) is 30.5. The minimum atomic E-state index is -0.811. The van der Waals surface area contributed by atoms with Crippen LogP contribution in [0, 0.1) is 11.8 Å². The zero-order valence-electron chi connectivity index (χ0n) is 36.7. The Labute approximate surface area is 368 Å². The van der Waals surface area contributed by atoms with Gasteiger partial charge in [-0.1, -0.05) is 18.2 Å². The molecule has 2 aromatic carbocycles. The maximum absolute atomic E-state index is 13.8. The molecule has 8 heterocycles. The van der Waals surface area contributed by atoms with Crippen LogP contribution in [0.4, 0.5) is 17.1 Å². The molecule has 6 fully saturated rings. The highest BCUT2D eigenvalue weighted by atomic mass is 16.3. The van der Waals surface area contributed by atoms with Crippen LogP contribution in [-0.4, -0.2) is 136 Å². The zero-order chi connectivity index (χ0) is 43.4. The average Bonchev–Trinajstić information content (AvgIpc) is 3.71. The number of amides is 3. The molecule has 0 aliphatic carbocycles. The Morgan fingerprint density at radius 2 is 1.67 bits per heavy atom. The maximum atomic E-state index is 13.8. The Bertz CT molecular complexity index is 2280. The van der Waals surface area contributed by atoms with E-state index in [9.17, 15) is 24.3 Å². The lowest BCUT2D eigenvalue weighted by Gasteiger charge is -2.47. The van der Waals surface area contributed by atoms with Crippen molar-refractivity contribution in [3.63, 3.8) is 0 Å². The lowest BCUT2D eigenvalue weighted by atomic mass is 9.85. The van der Waals surface area contributed by atoms with Gasteiger partial charge in [0.25, 0.3) is 0 Å². The Morgan fingerprint density at radius 3 is 2.44 bits per heavy atom. The molecular formula is C46H64N12O5. The van der Waals surface area contributed by atoms with E-state index < -0.39 is 17.6 Å². The van der Waals surface area contributed by atoms with Crippen molar-refractivity contribution < 1.29 is 19.5 Å². The number of hydrazine groups is 1. The van der Waals surface area contributed by atoms with Crippen molar-refractivity contribution in [1.82, 2.24) is 45.3 Å². The molecule has 17 heteroatoms. The lowest BCUT2D eigenvalue weighted by Crippen LogP contribution is -2.69. The first-order valence-corrected chi connectivity index (χ1v) is 23.4. The van der Waals surface area contributed by atoms with Crippen molar-refractivity contribution in [2.24, 2.45) is 18.9 Å². The number of piperazine rings is 1. The number of piperidine rings is 3. The Hall–Kier alpha value is -4.78. The number of aryl methyl sites for hydroxylation is 1. The van der Waals surface area contributed by atoms with E-state index in [0.29, 0.717) is 31.8 Å². The normalized spacial score (nSPS) is 32.0. The standard InChI is InChI=1S/C46H64N12O5/c1-46(63)20-4-3-5-21-56-43(61)33-28-47-44(51-41(33)58(56)38-11-7-10-37(46)49-38)48-31-12-14-32(15-13-31)54-26-24-53(25-27-54)29-30-18-22-55(23-19-30)34-8-6-9-35-40(34)52(2)45(62)57(35)36-16-17-39(59)50-42(36)60/h3,5-6,8-9,12-15,30,33,36-38,41,44,47-49,51,63H,4,7,10-11,16-29H2,1-2H3,(H,50,59,60)/b5-3-. The van der Waals surface area contributed by atoms with Gasteiger partial charge in [-0.3, -0.25) is 54.7 Å². The van der Waals surface area contributed by atoms with Gasteiger partial charge in [0.15, 0.2) is 0 Å². The highest BCUT2D eigenvalue weighted by Crippen LogP contribution is 2.36. The summed E-state index contributed by atoms with van der Waals surface area (Å²) in [6.45, 7) is 9.92. The second-order valence-electron chi connectivity index (χ2n) is 19.1. The van der Waals surface area contributed by atoms with Gasteiger partial charge in [-0.15, -0.1) is 0 Å². The predicted molar refractivity (Wildman–Crippen MR) is 242 cm³/mol. The maximum Gasteiger partial charge on any atom is 0.329 e. The van der Waals surface area contributed by atoms with Crippen LogP contribution in [0.2, 0.25) is 0 Å². The van der Waals surface area contributed by atoms with Crippen LogP contribution in [0.1, 0.15) is 70.8 Å². The molecule has 17 nitrogen and oxygen atoms in total. The summed E-state index contributed by atoms with van der Waals surface area (Å²) in [5, 5.41) is 32.6. The molecule has 63 heavy (non-hydrogen) atoms. The Kier molecular flexibility index (Phi) is 11.6. The quantitative estimate of drug-likeness (QED) is 0.150. The molecule has 7 aliphatic rings. The van der Waals surface area contributed by atoms with Crippen molar-refractivity contribution in [1.29, 1.82) is 0 Å². The van der Waals surface area contributed by atoms with Crippen LogP contribution >= 0.6 is 0 Å². The van der Waals surface area contributed by atoms with Gasteiger partial charge < -0.3 is 20.2 Å². The predicted octanol–water partition coefficient (Wildman–Crippen LogP) is 1.82. The van der Waals surface area contributed by atoms with Gasteiger partial charge in [0.2, 0.25) is 17.7 Å². The molecule has 338 valence electrons. The number of nitrogens with one attached hydrogen (secondary N) is 5. The number of imide groups is 1. The Balaban J connectivity index is 0.713. The molecule has 10 rings (SSSR count). The molecule has 7 atom stereocenters. The fraction of sp³-hybridized carbons (Fsp3) is 0.609. The van der Waals surface area contributed by atoms with Crippen molar-refractivity contribution in [3.05, 3.63) is 65.1 Å². The monoisotopic (exact) mass is 865 g/mol. The number of fused-ring (bicyclic) bond motifs is 7. The van der Waals surface area contributed by atoms with Gasteiger partial charge in [0, 0.05) is 83.2 Å². The molecule has 1 aromatic heterocycles. The summed E-state index contributed by atoms with van der Waals surface area (Å²) in [6, 6.07) is 13.9. The summed E-state index contributed by atoms with van der Waals surface area (Å²) in [5.74, 6) is -0.175. The highest BCUT2D eigenvalue weighted by molar-refractivity contribution is 6.00. The highest BCUT2D eigenvalue weighted by Gasteiger charge is 2.53. The first-order valence-electron chi connectivity index (χ1n) is 23.4. The largest absolute Gasteiger partial charge is 0.389 e. The van der Waals surface area contributed by atoms with Crippen molar-refractivity contribution >= 4 is 45.8 Å². The molecule has 2 bridgehead atoms. The molecule has 6 N–H and O–H groups in total. The summed E-state index contributed by atoms with van der Waals surface area (Å²) in [5.41, 5.74) is 3.77. The number of rotatable bonds is 7. The summed E-state index contributed by atoms with van der Waals surface area (Å²) < 4.78 is 3.22. The number of aliphatic hydroxyl groups is 1. The average molecular weight is 865 g/mol. The van der Waals surface area contributed by atoms with Crippen LogP contribution in [0.5, 0.6) is 0 Å². The van der Waals surface area contributed by atoms with Gasteiger partial charge in [0.05, 0.1) is 47.1 Å². The van der Waals surface area contributed by atoms with Crippen LogP contribution in [0.15, 0.2) is 59.4 Å². The zero-order valence-corrected chi connectivity index (χ0v) is 36.7. The summed E-state index contributed by atoms with van der Waals surface area (Å²) >= 11 is 0. The molecule has 3 aromatic rings. The molecule has 0 radical (unpaired) electrons. The van der Waals surface area contributed by atoms with Crippen LogP contribution in [-0.2, 0) is 21.4 Å². The second-order valence-corrected chi connectivity index (χ2v) is 19.1. The first kappa shape index (κ1) is 42.2. The summed E-state index contributed by atoms with van der Waals surface area (Å²) in [6.07, 6.45) is 10.8. The topological polar surface area (TPSA) is 175 Å². The molecule has 7 aliphatic heterocycles. The number of hydrogen-bond donors (Lipinski definition) is 6. The SMILES string of the molecule is Cn1c(=O)n(C2CCC(=O)NC2=O)c2cccc(N3CCC(CN4CCN(c5ccc(NC6NCC7C(=O)N8C/C=C\CCC(C)(O)C9CCCC(N9)N8C7N6)cc5)CC4)CC3)c21. The number of aromatic nitrogens is 2. The summed E-state index contributed by atoms with van der Waals surface area (Å²) in [4.78, 5) is 59.3. The van der Waals surface area contributed by atoms with Gasteiger partial charge in [-0.05, 0) is 101 Å². The number of para-hydroxylation sites is 1. The van der Waals surface area contributed by atoms with Crippen LogP contribution in [0.25, 0.3) is 11.0 Å². The van der Waals surface area contributed by atoms with E-state index in [2.05, 4.69) is 88.8 Å². The fourth-order valence-electron chi connectivity index (χ4n) is 11.5. The molecule has 7 unspecified atom stereocenters. The van der Waals surface area contributed by atoms with E-state index in [4.69, 9.17) is 0 Å². The number of imidazole rings is 1. The van der Waals surface area contributed by atoms with Crippen LogP contribution in [0.3, 0.4) is 0 Å². The second kappa shape index (κ2) is 17.3. The third-order valence-corrected chi connectivity index (χ3v) is 15.1. The van der Waals surface area contributed by atoms with Gasteiger partial charge >= 0.3 is 5.69 Å². The third-order valence-electron chi connectivity index (χ3n) is 15.1. The van der Waals surface area contributed by atoms with E-state index in [-0.39, 0.29) is 54.5 Å². The van der Waals surface area contributed by atoms with E-state index in [0.717, 1.165) is 107 Å². The Morgan fingerprint density at radius 1 is 0.873 bits per heavy atom. The molecule has 6 saturated heterocycles.